The number of carbonyl (C=O) groups excluding carboxylic acids is 1. The van der Waals surface area contributed by atoms with Crippen LogP contribution in [0.4, 0.5) is 0 Å². The number of hydrogen-bond acceptors (Lipinski definition) is 3. The Hall–Kier alpha value is -0.420. The van der Waals surface area contributed by atoms with Crippen molar-refractivity contribution >= 4 is 40.9 Å². The van der Waals surface area contributed by atoms with E-state index in [2.05, 4.69) is 5.32 Å². The molecule has 1 amide bonds. The standard InChI is InChI=1S/C14H17Cl2NO2S/c15-9-5-6-10(16)13(7-9)20-8-14(19)17-11-3-1-2-4-12(11)18/h5-7,11-12,18H,1-4,8H2,(H,17,19)/t11-,12-/m1/s1. The Morgan fingerprint density at radius 3 is 2.85 bits per heavy atom. The fourth-order valence-electron chi connectivity index (χ4n) is 2.26. The lowest BCUT2D eigenvalue weighted by Crippen LogP contribution is -2.45. The van der Waals surface area contributed by atoms with Gasteiger partial charge in [-0.3, -0.25) is 4.79 Å². The molecule has 1 aromatic rings. The van der Waals surface area contributed by atoms with Crippen molar-refractivity contribution in [3.63, 3.8) is 0 Å². The molecule has 1 aliphatic rings. The summed E-state index contributed by atoms with van der Waals surface area (Å²) >= 11 is 13.3. The van der Waals surface area contributed by atoms with Crippen LogP contribution in [0, 0.1) is 0 Å². The van der Waals surface area contributed by atoms with Crippen LogP contribution in [0.1, 0.15) is 25.7 Å². The topological polar surface area (TPSA) is 49.3 Å². The third-order valence-corrected chi connectivity index (χ3v) is 5.06. The van der Waals surface area contributed by atoms with Crippen LogP contribution in [0.2, 0.25) is 10.0 Å². The van der Waals surface area contributed by atoms with E-state index in [1.165, 1.54) is 11.8 Å². The number of aliphatic hydroxyl groups excluding tert-OH is 1. The predicted octanol–water partition coefficient (Wildman–Crippen LogP) is 3.51. The Morgan fingerprint density at radius 1 is 1.35 bits per heavy atom. The summed E-state index contributed by atoms with van der Waals surface area (Å²) in [6.45, 7) is 0. The molecule has 6 heteroatoms. The van der Waals surface area contributed by atoms with E-state index in [1.807, 2.05) is 0 Å². The molecule has 110 valence electrons. The van der Waals surface area contributed by atoms with Crippen LogP contribution in [0.5, 0.6) is 0 Å². The Labute approximate surface area is 133 Å². The van der Waals surface area contributed by atoms with Gasteiger partial charge in [-0.15, -0.1) is 11.8 Å². The Kier molecular flexibility index (Phi) is 6.02. The van der Waals surface area contributed by atoms with E-state index < -0.39 is 6.10 Å². The molecule has 0 unspecified atom stereocenters. The maximum absolute atomic E-state index is 11.9. The third kappa shape index (κ3) is 4.55. The number of aliphatic hydroxyl groups is 1. The summed E-state index contributed by atoms with van der Waals surface area (Å²) in [5.74, 6) is 0.181. The lowest BCUT2D eigenvalue weighted by atomic mass is 9.93. The van der Waals surface area contributed by atoms with E-state index >= 15 is 0 Å². The van der Waals surface area contributed by atoms with Gasteiger partial charge in [0.05, 0.1) is 22.9 Å². The Morgan fingerprint density at radius 2 is 2.10 bits per heavy atom. The zero-order chi connectivity index (χ0) is 14.5. The largest absolute Gasteiger partial charge is 0.391 e. The SMILES string of the molecule is O=C(CSc1cc(Cl)ccc1Cl)N[C@@H]1CCCC[C@H]1O. The molecule has 0 aromatic heterocycles. The summed E-state index contributed by atoms with van der Waals surface area (Å²) in [6.07, 6.45) is 3.26. The number of thioether (sulfide) groups is 1. The fraction of sp³-hybridized carbons (Fsp3) is 0.500. The van der Waals surface area contributed by atoms with Gasteiger partial charge in [-0.2, -0.15) is 0 Å². The second-order valence-electron chi connectivity index (χ2n) is 4.89. The first-order chi connectivity index (χ1) is 9.56. The molecule has 2 N–H and O–H groups in total. The maximum Gasteiger partial charge on any atom is 0.230 e. The number of amides is 1. The highest BCUT2D eigenvalue weighted by Crippen LogP contribution is 2.29. The molecule has 2 atom stereocenters. The van der Waals surface area contributed by atoms with Crippen molar-refractivity contribution in [2.75, 3.05) is 5.75 Å². The number of nitrogens with one attached hydrogen (secondary N) is 1. The van der Waals surface area contributed by atoms with E-state index in [9.17, 15) is 9.90 Å². The minimum atomic E-state index is -0.424. The van der Waals surface area contributed by atoms with Gasteiger partial charge >= 0.3 is 0 Å². The first-order valence-corrected chi connectivity index (χ1v) is 8.35. The van der Waals surface area contributed by atoms with Crippen molar-refractivity contribution in [1.82, 2.24) is 5.32 Å². The van der Waals surface area contributed by atoms with Crippen molar-refractivity contribution in [1.29, 1.82) is 0 Å². The molecular formula is C14H17Cl2NO2S. The minimum Gasteiger partial charge on any atom is -0.391 e. The highest BCUT2D eigenvalue weighted by Gasteiger charge is 2.24. The van der Waals surface area contributed by atoms with E-state index in [4.69, 9.17) is 23.2 Å². The zero-order valence-electron chi connectivity index (χ0n) is 10.9. The smallest absolute Gasteiger partial charge is 0.230 e. The van der Waals surface area contributed by atoms with Gasteiger partial charge in [0, 0.05) is 9.92 Å². The van der Waals surface area contributed by atoms with Crippen LogP contribution in [-0.2, 0) is 4.79 Å². The Bertz CT molecular complexity index is 484. The molecule has 1 aliphatic carbocycles. The van der Waals surface area contributed by atoms with Gasteiger partial charge in [0.15, 0.2) is 0 Å². The molecule has 0 radical (unpaired) electrons. The Balaban J connectivity index is 1.84. The second kappa shape index (κ2) is 7.55. The average molecular weight is 334 g/mol. The molecule has 3 nitrogen and oxygen atoms in total. The van der Waals surface area contributed by atoms with Crippen LogP contribution >= 0.6 is 35.0 Å². The van der Waals surface area contributed by atoms with E-state index in [0.29, 0.717) is 10.0 Å². The molecule has 20 heavy (non-hydrogen) atoms. The van der Waals surface area contributed by atoms with Crippen molar-refractivity contribution in [2.24, 2.45) is 0 Å². The summed E-state index contributed by atoms with van der Waals surface area (Å²) in [4.78, 5) is 12.7. The molecule has 2 rings (SSSR count). The van der Waals surface area contributed by atoms with Crippen LogP contribution in [0.15, 0.2) is 23.1 Å². The molecule has 1 saturated carbocycles. The summed E-state index contributed by atoms with van der Waals surface area (Å²) < 4.78 is 0. The number of benzene rings is 1. The summed E-state index contributed by atoms with van der Waals surface area (Å²) in [7, 11) is 0. The molecular weight excluding hydrogens is 317 g/mol. The number of halogens is 2. The van der Waals surface area contributed by atoms with Crippen molar-refractivity contribution in [3.05, 3.63) is 28.2 Å². The fourth-order valence-corrected chi connectivity index (χ4v) is 3.56. The van der Waals surface area contributed by atoms with Crippen LogP contribution < -0.4 is 5.32 Å². The summed E-state index contributed by atoms with van der Waals surface area (Å²) in [6, 6.07) is 5.06. The molecule has 1 fully saturated rings. The number of carbonyl (C=O) groups is 1. The molecule has 0 spiro atoms. The second-order valence-corrected chi connectivity index (χ2v) is 6.75. The van der Waals surface area contributed by atoms with Gasteiger partial charge < -0.3 is 10.4 Å². The van der Waals surface area contributed by atoms with Crippen molar-refractivity contribution < 1.29 is 9.90 Å². The number of hydrogen-bond donors (Lipinski definition) is 2. The third-order valence-electron chi connectivity index (χ3n) is 3.33. The average Bonchev–Trinajstić information content (AvgIpc) is 2.42. The first kappa shape index (κ1) is 16.0. The molecule has 0 bridgehead atoms. The zero-order valence-corrected chi connectivity index (χ0v) is 13.3. The predicted molar refractivity (Wildman–Crippen MR) is 83.6 cm³/mol. The molecule has 0 saturated heterocycles. The lowest BCUT2D eigenvalue weighted by molar-refractivity contribution is -0.120. The van der Waals surface area contributed by atoms with Gasteiger partial charge in [-0.25, -0.2) is 0 Å². The van der Waals surface area contributed by atoms with E-state index in [0.717, 1.165) is 30.6 Å². The van der Waals surface area contributed by atoms with Crippen LogP contribution in [0.25, 0.3) is 0 Å². The van der Waals surface area contributed by atoms with E-state index in [1.54, 1.807) is 18.2 Å². The van der Waals surface area contributed by atoms with Gasteiger partial charge in [-0.05, 0) is 31.0 Å². The monoisotopic (exact) mass is 333 g/mol. The van der Waals surface area contributed by atoms with Gasteiger partial charge in [0.1, 0.15) is 0 Å². The van der Waals surface area contributed by atoms with Crippen LogP contribution in [0.3, 0.4) is 0 Å². The van der Waals surface area contributed by atoms with Gasteiger partial charge in [0.25, 0.3) is 0 Å². The molecule has 1 aromatic carbocycles. The lowest BCUT2D eigenvalue weighted by Gasteiger charge is -2.28. The van der Waals surface area contributed by atoms with Gasteiger partial charge in [0.2, 0.25) is 5.91 Å². The highest BCUT2D eigenvalue weighted by atomic mass is 35.5. The molecule has 0 aliphatic heterocycles. The van der Waals surface area contributed by atoms with Gasteiger partial charge in [-0.1, -0.05) is 36.0 Å². The number of rotatable bonds is 4. The summed E-state index contributed by atoms with van der Waals surface area (Å²) in [5, 5.41) is 13.9. The highest BCUT2D eigenvalue weighted by molar-refractivity contribution is 8.00. The minimum absolute atomic E-state index is 0.0861. The van der Waals surface area contributed by atoms with Crippen molar-refractivity contribution in [3.8, 4) is 0 Å². The quantitative estimate of drug-likeness (QED) is 0.829. The first-order valence-electron chi connectivity index (χ1n) is 6.61. The van der Waals surface area contributed by atoms with Crippen LogP contribution in [-0.4, -0.2) is 28.9 Å². The summed E-state index contributed by atoms with van der Waals surface area (Å²) in [5.41, 5.74) is 0. The molecule has 0 heterocycles. The normalized spacial score (nSPS) is 22.6. The maximum atomic E-state index is 11.9. The van der Waals surface area contributed by atoms with E-state index in [-0.39, 0.29) is 17.7 Å². The van der Waals surface area contributed by atoms with Crippen molar-refractivity contribution in [2.45, 2.75) is 42.7 Å².